The van der Waals surface area contributed by atoms with Crippen molar-refractivity contribution in [1.82, 2.24) is 5.32 Å². The van der Waals surface area contributed by atoms with Crippen molar-refractivity contribution in [2.75, 3.05) is 37.7 Å². The van der Waals surface area contributed by atoms with E-state index in [2.05, 4.69) is 35.3 Å². The lowest BCUT2D eigenvalue weighted by atomic mass is 9.99. The third-order valence-electron chi connectivity index (χ3n) is 4.16. The normalized spacial score (nSPS) is 18.5. The predicted octanol–water partition coefficient (Wildman–Crippen LogP) is 2.79. The number of aliphatic hydroxyl groups excluding tert-OH is 1. The average molecular weight is 306 g/mol. The summed E-state index contributed by atoms with van der Waals surface area (Å²) in [5.41, 5.74) is 2.46. The molecular weight excluding hydrogens is 276 g/mol. The van der Waals surface area contributed by atoms with Gasteiger partial charge in [-0.2, -0.15) is 0 Å². The van der Waals surface area contributed by atoms with Crippen molar-refractivity contribution in [1.29, 1.82) is 0 Å². The zero-order valence-corrected chi connectivity index (χ0v) is 14.0. The minimum absolute atomic E-state index is 0.239. The third-order valence-corrected chi connectivity index (χ3v) is 4.16. The number of nitrogens with one attached hydrogen (secondary N) is 1. The first-order valence-electron chi connectivity index (χ1n) is 8.56. The number of aliphatic hydroxyl groups is 1. The Morgan fingerprint density at radius 3 is 3.00 bits per heavy atom. The van der Waals surface area contributed by atoms with Gasteiger partial charge in [0.15, 0.2) is 0 Å². The molecule has 1 aliphatic rings. The maximum atomic E-state index is 8.81. The van der Waals surface area contributed by atoms with Crippen LogP contribution in [0.3, 0.4) is 0 Å². The molecule has 0 radical (unpaired) electrons. The number of rotatable bonds is 8. The van der Waals surface area contributed by atoms with E-state index in [1.54, 1.807) is 0 Å². The van der Waals surface area contributed by atoms with E-state index in [0.29, 0.717) is 6.61 Å². The molecule has 1 fully saturated rings. The van der Waals surface area contributed by atoms with Crippen LogP contribution in [-0.4, -0.2) is 38.0 Å². The average Bonchev–Trinajstić information content (AvgIpc) is 2.52. The Bertz CT molecular complexity index is 451. The summed E-state index contributed by atoms with van der Waals surface area (Å²) in [5.74, 6) is 1.75. The molecule has 4 heteroatoms. The Morgan fingerprint density at radius 1 is 1.41 bits per heavy atom. The lowest BCUT2D eigenvalue weighted by Gasteiger charge is -2.34. The summed E-state index contributed by atoms with van der Waals surface area (Å²) in [5, 5.41) is 12.2. The molecule has 1 aromatic carbocycles. The second-order valence-corrected chi connectivity index (χ2v) is 6.18. The van der Waals surface area contributed by atoms with Crippen molar-refractivity contribution in [2.45, 2.75) is 39.7 Å². The monoisotopic (exact) mass is 306 g/mol. The van der Waals surface area contributed by atoms with E-state index in [-0.39, 0.29) is 6.61 Å². The molecule has 0 bridgehead atoms. The van der Waals surface area contributed by atoms with Crippen molar-refractivity contribution in [3.63, 3.8) is 0 Å². The molecule has 1 atom stereocenters. The first-order valence-corrected chi connectivity index (χ1v) is 8.56. The molecule has 0 aromatic heterocycles. The molecule has 2 N–H and O–H groups in total. The number of piperidine rings is 1. The van der Waals surface area contributed by atoms with E-state index in [4.69, 9.17) is 9.84 Å². The molecule has 1 aliphatic heterocycles. The summed E-state index contributed by atoms with van der Waals surface area (Å²) in [6.07, 6.45) is 3.38. The summed E-state index contributed by atoms with van der Waals surface area (Å²) in [6, 6.07) is 6.54. The Labute approximate surface area is 134 Å². The van der Waals surface area contributed by atoms with Crippen LogP contribution in [0.5, 0.6) is 5.75 Å². The van der Waals surface area contributed by atoms with Crippen LogP contribution in [-0.2, 0) is 6.54 Å². The van der Waals surface area contributed by atoms with Crippen LogP contribution in [0.2, 0.25) is 0 Å². The molecule has 0 amide bonds. The van der Waals surface area contributed by atoms with Gasteiger partial charge in [0, 0.05) is 26.2 Å². The van der Waals surface area contributed by atoms with Gasteiger partial charge in [0.2, 0.25) is 0 Å². The van der Waals surface area contributed by atoms with E-state index in [1.807, 2.05) is 6.92 Å². The largest absolute Gasteiger partial charge is 0.492 e. The minimum Gasteiger partial charge on any atom is -0.492 e. The highest BCUT2D eigenvalue weighted by atomic mass is 16.5. The van der Waals surface area contributed by atoms with Gasteiger partial charge in [0.05, 0.1) is 12.3 Å². The number of hydrogen-bond acceptors (Lipinski definition) is 4. The first kappa shape index (κ1) is 17.1. The standard InChI is InChI=1S/C18H30N2O2/c1-3-22-18-12-16(13-19-9-5-11-21)7-8-17(18)20-10-4-6-15(2)14-20/h7-8,12,15,19,21H,3-6,9-11,13-14H2,1-2H3. The SMILES string of the molecule is CCOc1cc(CNCCCO)ccc1N1CCCC(C)C1. The summed E-state index contributed by atoms with van der Waals surface area (Å²) in [7, 11) is 0. The summed E-state index contributed by atoms with van der Waals surface area (Å²) >= 11 is 0. The van der Waals surface area contributed by atoms with Crippen LogP contribution in [0.4, 0.5) is 5.69 Å². The summed E-state index contributed by atoms with van der Waals surface area (Å²) in [6.45, 7) is 9.19. The molecule has 1 aromatic rings. The number of hydrogen-bond donors (Lipinski definition) is 2. The van der Waals surface area contributed by atoms with Crippen molar-refractivity contribution in [3.05, 3.63) is 23.8 Å². The van der Waals surface area contributed by atoms with Gasteiger partial charge in [-0.25, -0.2) is 0 Å². The van der Waals surface area contributed by atoms with Gasteiger partial charge in [0.25, 0.3) is 0 Å². The minimum atomic E-state index is 0.239. The summed E-state index contributed by atoms with van der Waals surface area (Å²) < 4.78 is 5.88. The third kappa shape index (κ3) is 4.89. The number of anilines is 1. The van der Waals surface area contributed by atoms with Gasteiger partial charge < -0.3 is 20.1 Å². The first-order chi connectivity index (χ1) is 10.7. The second kappa shape index (κ2) is 9.01. The molecule has 0 saturated carbocycles. The molecular formula is C18H30N2O2. The van der Waals surface area contributed by atoms with Gasteiger partial charge in [-0.1, -0.05) is 13.0 Å². The maximum absolute atomic E-state index is 8.81. The van der Waals surface area contributed by atoms with Gasteiger partial charge >= 0.3 is 0 Å². The van der Waals surface area contributed by atoms with Crippen LogP contribution in [0, 0.1) is 5.92 Å². The van der Waals surface area contributed by atoms with Crippen LogP contribution in [0.25, 0.3) is 0 Å². The Hall–Kier alpha value is -1.26. The Kier molecular flexibility index (Phi) is 7.00. The smallest absolute Gasteiger partial charge is 0.142 e. The van der Waals surface area contributed by atoms with Crippen molar-refractivity contribution < 1.29 is 9.84 Å². The van der Waals surface area contributed by atoms with Crippen molar-refractivity contribution >= 4 is 5.69 Å². The molecule has 2 rings (SSSR count). The molecule has 1 saturated heterocycles. The fourth-order valence-electron chi connectivity index (χ4n) is 3.05. The quantitative estimate of drug-likeness (QED) is 0.725. The summed E-state index contributed by atoms with van der Waals surface area (Å²) in [4.78, 5) is 2.46. The molecule has 22 heavy (non-hydrogen) atoms. The van der Waals surface area contributed by atoms with E-state index >= 15 is 0 Å². The van der Waals surface area contributed by atoms with E-state index < -0.39 is 0 Å². The Balaban J connectivity index is 2.05. The topological polar surface area (TPSA) is 44.7 Å². The molecule has 124 valence electrons. The lowest BCUT2D eigenvalue weighted by molar-refractivity contribution is 0.286. The van der Waals surface area contributed by atoms with E-state index in [9.17, 15) is 0 Å². The fraction of sp³-hybridized carbons (Fsp3) is 0.667. The van der Waals surface area contributed by atoms with Crippen LogP contribution < -0.4 is 15.0 Å². The zero-order valence-electron chi connectivity index (χ0n) is 14.0. The zero-order chi connectivity index (χ0) is 15.8. The van der Waals surface area contributed by atoms with E-state index in [0.717, 1.165) is 44.3 Å². The number of benzene rings is 1. The number of nitrogens with zero attached hydrogens (tertiary/aromatic N) is 1. The van der Waals surface area contributed by atoms with Crippen LogP contribution in [0.1, 0.15) is 38.7 Å². The maximum Gasteiger partial charge on any atom is 0.142 e. The van der Waals surface area contributed by atoms with Gasteiger partial charge in [-0.15, -0.1) is 0 Å². The fourth-order valence-corrected chi connectivity index (χ4v) is 3.05. The highest BCUT2D eigenvalue weighted by molar-refractivity contribution is 5.60. The number of ether oxygens (including phenoxy) is 1. The van der Waals surface area contributed by atoms with Gasteiger partial charge in [0.1, 0.15) is 5.75 Å². The van der Waals surface area contributed by atoms with Gasteiger partial charge in [-0.3, -0.25) is 0 Å². The molecule has 1 heterocycles. The van der Waals surface area contributed by atoms with Gasteiger partial charge in [-0.05, 0) is 56.3 Å². The second-order valence-electron chi connectivity index (χ2n) is 6.18. The Morgan fingerprint density at radius 2 is 2.27 bits per heavy atom. The molecule has 0 spiro atoms. The molecule has 1 unspecified atom stereocenters. The van der Waals surface area contributed by atoms with E-state index in [1.165, 1.54) is 24.1 Å². The highest BCUT2D eigenvalue weighted by Crippen LogP contribution is 2.32. The van der Waals surface area contributed by atoms with Crippen LogP contribution in [0.15, 0.2) is 18.2 Å². The van der Waals surface area contributed by atoms with Crippen LogP contribution >= 0.6 is 0 Å². The highest BCUT2D eigenvalue weighted by Gasteiger charge is 2.19. The van der Waals surface area contributed by atoms with Crippen molar-refractivity contribution in [3.8, 4) is 5.75 Å². The van der Waals surface area contributed by atoms with Crippen molar-refractivity contribution in [2.24, 2.45) is 5.92 Å². The molecule has 0 aliphatic carbocycles. The lowest BCUT2D eigenvalue weighted by Crippen LogP contribution is -2.34. The molecule has 4 nitrogen and oxygen atoms in total. The predicted molar refractivity (Wildman–Crippen MR) is 91.6 cm³/mol.